The molecule has 0 saturated heterocycles. The standard InChI is InChI=1S/C19H16F3NO7S2/c20-19(21,22)30-14-5-7-15(8-6-14)32(28,29)23-13-3-1-12(2-4-13)16(24)11-31-18(27)10-9-17(25)26/h1-8,23H,9-11H2,(H,25,26). The van der Waals surface area contributed by atoms with Gasteiger partial charge >= 0.3 is 12.3 Å². The number of hydrogen-bond acceptors (Lipinski definition) is 7. The minimum atomic E-state index is -4.90. The lowest BCUT2D eigenvalue weighted by atomic mass is 10.1. The number of sulfonamides is 1. The number of alkyl halides is 3. The molecule has 172 valence electrons. The van der Waals surface area contributed by atoms with Crippen LogP contribution in [0.5, 0.6) is 5.75 Å². The van der Waals surface area contributed by atoms with Crippen molar-refractivity contribution in [2.45, 2.75) is 24.1 Å². The number of carbonyl (C=O) groups excluding carboxylic acids is 2. The van der Waals surface area contributed by atoms with Crippen LogP contribution in [0.4, 0.5) is 18.9 Å². The smallest absolute Gasteiger partial charge is 0.481 e. The molecular formula is C19H16F3NO7S2. The average molecular weight is 491 g/mol. The van der Waals surface area contributed by atoms with Crippen LogP contribution in [0.3, 0.4) is 0 Å². The van der Waals surface area contributed by atoms with Gasteiger partial charge in [-0.2, -0.15) is 0 Å². The summed E-state index contributed by atoms with van der Waals surface area (Å²) in [6.45, 7) is 0. The molecule has 0 atom stereocenters. The SMILES string of the molecule is O=C(O)CCC(=O)SCC(=O)c1ccc(NS(=O)(=O)c2ccc(OC(F)(F)F)cc2)cc1. The maximum Gasteiger partial charge on any atom is 0.573 e. The topological polar surface area (TPSA) is 127 Å². The van der Waals surface area contributed by atoms with E-state index in [0.717, 1.165) is 24.3 Å². The fourth-order valence-corrected chi connectivity index (χ4v) is 4.03. The van der Waals surface area contributed by atoms with Crippen molar-refractivity contribution >= 4 is 44.3 Å². The molecule has 0 radical (unpaired) electrons. The highest BCUT2D eigenvalue weighted by Gasteiger charge is 2.31. The van der Waals surface area contributed by atoms with Gasteiger partial charge in [-0.3, -0.25) is 19.1 Å². The number of ketones is 1. The Balaban J connectivity index is 1.97. The number of ether oxygens (including phenoxy) is 1. The number of carboxylic acid groups (broad SMARTS) is 1. The number of hydrogen-bond donors (Lipinski definition) is 2. The quantitative estimate of drug-likeness (QED) is 0.482. The number of Topliss-reactive ketones (excluding diaryl/α,β-unsaturated/α-hetero) is 1. The van der Waals surface area contributed by atoms with Crippen LogP contribution >= 0.6 is 11.8 Å². The second-order valence-corrected chi connectivity index (χ2v) is 8.89. The summed E-state index contributed by atoms with van der Waals surface area (Å²) in [5, 5.41) is 8.09. The van der Waals surface area contributed by atoms with Gasteiger partial charge in [0.2, 0.25) is 0 Å². The van der Waals surface area contributed by atoms with E-state index in [1.165, 1.54) is 24.3 Å². The molecule has 0 saturated carbocycles. The Morgan fingerprint density at radius 1 is 0.969 bits per heavy atom. The summed E-state index contributed by atoms with van der Waals surface area (Å²) in [5.74, 6) is -2.29. The molecule has 13 heteroatoms. The first kappa shape index (κ1) is 25.2. The molecule has 0 aromatic heterocycles. The molecule has 0 aliphatic carbocycles. The third kappa shape index (κ3) is 8.23. The van der Waals surface area contributed by atoms with Crippen LogP contribution in [-0.4, -0.2) is 42.5 Å². The van der Waals surface area contributed by atoms with Gasteiger partial charge in [0.05, 0.1) is 17.1 Å². The van der Waals surface area contributed by atoms with E-state index in [-0.39, 0.29) is 34.7 Å². The Bertz CT molecular complexity index is 1080. The summed E-state index contributed by atoms with van der Waals surface area (Å²) < 4.78 is 67.2. The van der Waals surface area contributed by atoms with Gasteiger partial charge in [0.15, 0.2) is 10.9 Å². The average Bonchev–Trinajstić information content (AvgIpc) is 2.70. The summed E-state index contributed by atoms with van der Waals surface area (Å²) in [4.78, 5) is 33.8. The molecule has 8 nitrogen and oxygen atoms in total. The minimum Gasteiger partial charge on any atom is -0.481 e. The van der Waals surface area contributed by atoms with E-state index < -0.39 is 39.0 Å². The maximum atomic E-state index is 12.4. The predicted octanol–water partition coefficient (Wildman–Crippen LogP) is 3.69. The zero-order valence-electron chi connectivity index (χ0n) is 16.1. The van der Waals surface area contributed by atoms with Gasteiger partial charge in [0, 0.05) is 17.7 Å². The first-order valence-corrected chi connectivity index (χ1v) is 11.2. The molecule has 2 rings (SSSR count). The Kier molecular flexibility index (Phi) is 8.27. The molecule has 0 bridgehead atoms. The van der Waals surface area contributed by atoms with Gasteiger partial charge in [-0.15, -0.1) is 13.2 Å². The monoisotopic (exact) mass is 491 g/mol. The number of anilines is 1. The highest BCUT2D eigenvalue weighted by atomic mass is 32.2. The third-order valence-corrected chi connectivity index (χ3v) is 6.06. The summed E-state index contributed by atoms with van der Waals surface area (Å²) in [5.41, 5.74) is 0.308. The number of carboxylic acids is 1. The largest absolute Gasteiger partial charge is 0.573 e. The Morgan fingerprint density at radius 3 is 2.09 bits per heavy atom. The molecule has 2 N–H and O–H groups in total. The van der Waals surface area contributed by atoms with E-state index in [9.17, 15) is 36.0 Å². The first-order chi connectivity index (χ1) is 14.9. The maximum absolute atomic E-state index is 12.4. The first-order valence-electron chi connectivity index (χ1n) is 8.75. The Hall–Kier alpha value is -3.06. The van der Waals surface area contributed by atoms with Crippen LogP contribution in [0, 0.1) is 0 Å². The van der Waals surface area contributed by atoms with E-state index in [4.69, 9.17) is 5.11 Å². The molecule has 0 spiro atoms. The fourth-order valence-electron chi connectivity index (χ4n) is 2.27. The lowest BCUT2D eigenvalue weighted by molar-refractivity contribution is -0.274. The predicted molar refractivity (Wildman–Crippen MR) is 109 cm³/mol. The molecule has 2 aromatic rings. The summed E-state index contributed by atoms with van der Waals surface area (Å²) in [6, 6.07) is 8.90. The zero-order valence-corrected chi connectivity index (χ0v) is 17.7. The second-order valence-electron chi connectivity index (χ2n) is 6.18. The van der Waals surface area contributed by atoms with Crippen molar-refractivity contribution in [2.75, 3.05) is 10.5 Å². The number of benzene rings is 2. The van der Waals surface area contributed by atoms with Crippen LogP contribution in [0.15, 0.2) is 53.4 Å². The van der Waals surface area contributed by atoms with Crippen LogP contribution in [0.25, 0.3) is 0 Å². The van der Waals surface area contributed by atoms with Gasteiger partial charge < -0.3 is 9.84 Å². The van der Waals surface area contributed by atoms with E-state index in [1.807, 2.05) is 0 Å². The second kappa shape index (κ2) is 10.5. The van der Waals surface area contributed by atoms with Crippen molar-refractivity contribution in [1.82, 2.24) is 0 Å². The molecule has 0 amide bonds. The molecule has 0 heterocycles. The van der Waals surface area contributed by atoms with Crippen LogP contribution in [0.2, 0.25) is 0 Å². The van der Waals surface area contributed by atoms with Gasteiger partial charge in [-0.25, -0.2) is 8.42 Å². The Morgan fingerprint density at radius 2 is 1.56 bits per heavy atom. The van der Waals surface area contributed by atoms with Crippen LogP contribution in [-0.2, 0) is 19.6 Å². The number of rotatable bonds is 10. The van der Waals surface area contributed by atoms with Crippen molar-refractivity contribution < 1.29 is 45.8 Å². The number of aliphatic carboxylic acids is 1. The summed E-state index contributed by atoms with van der Waals surface area (Å²) in [7, 11) is -4.11. The van der Waals surface area contributed by atoms with Gasteiger partial charge in [-0.1, -0.05) is 11.8 Å². The molecule has 0 fully saturated rings. The van der Waals surface area contributed by atoms with Crippen LogP contribution < -0.4 is 9.46 Å². The highest BCUT2D eigenvalue weighted by molar-refractivity contribution is 8.14. The number of carbonyl (C=O) groups is 3. The number of halogens is 3. The van der Waals surface area contributed by atoms with Crippen molar-refractivity contribution in [3.05, 3.63) is 54.1 Å². The van der Waals surface area contributed by atoms with E-state index in [2.05, 4.69) is 9.46 Å². The van der Waals surface area contributed by atoms with E-state index >= 15 is 0 Å². The molecule has 0 aliphatic rings. The van der Waals surface area contributed by atoms with Crippen LogP contribution in [0.1, 0.15) is 23.2 Å². The van der Waals surface area contributed by atoms with Gasteiger partial charge in [-0.05, 0) is 48.5 Å². The highest BCUT2D eigenvalue weighted by Crippen LogP contribution is 2.25. The van der Waals surface area contributed by atoms with E-state index in [0.29, 0.717) is 11.8 Å². The molecule has 2 aromatic carbocycles. The third-order valence-electron chi connectivity index (χ3n) is 3.73. The molecule has 32 heavy (non-hydrogen) atoms. The lowest BCUT2D eigenvalue weighted by Crippen LogP contribution is -2.17. The summed E-state index contributed by atoms with van der Waals surface area (Å²) >= 11 is 0.693. The van der Waals surface area contributed by atoms with Crippen molar-refractivity contribution in [3.63, 3.8) is 0 Å². The number of thioether (sulfide) groups is 1. The van der Waals surface area contributed by atoms with Crippen molar-refractivity contribution in [3.8, 4) is 5.75 Å². The summed E-state index contributed by atoms with van der Waals surface area (Å²) in [6.07, 6.45) is -5.42. The normalized spacial score (nSPS) is 11.6. The fraction of sp³-hybridized carbons (Fsp3) is 0.211. The number of nitrogens with one attached hydrogen (secondary N) is 1. The molecular weight excluding hydrogens is 475 g/mol. The molecule has 0 unspecified atom stereocenters. The van der Waals surface area contributed by atoms with Crippen molar-refractivity contribution in [2.24, 2.45) is 0 Å². The van der Waals surface area contributed by atoms with E-state index in [1.54, 1.807) is 0 Å². The zero-order chi connectivity index (χ0) is 23.9. The minimum absolute atomic E-state index is 0.0994. The molecule has 0 aliphatic heterocycles. The van der Waals surface area contributed by atoms with Gasteiger partial charge in [0.25, 0.3) is 10.0 Å². The lowest BCUT2D eigenvalue weighted by Gasteiger charge is -2.11. The van der Waals surface area contributed by atoms with Crippen molar-refractivity contribution in [1.29, 1.82) is 0 Å². The van der Waals surface area contributed by atoms with Gasteiger partial charge in [0.1, 0.15) is 5.75 Å². The Labute approximate surface area is 184 Å².